The van der Waals surface area contributed by atoms with Crippen LogP contribution >= 0.6 is 23.1 Å². The van der Waals surface area contributed by atoms with Gasteiger partial charge in [0.1, 0.15) is 0 Å². The van der Waals surface area contributed by atoms with Crippen LogP contribution in [-0.2, 0) is 6.54 Å². The predicted octanol–water partition coefficient (Wildman–Crippen LogP) is 1.46. The van der Waals surface area contributed by atoms with Gasteiger partial charge in [0.05, 0.1) is 34.0 Å². The van der Waals surface area contributed by atoms with Gasteiger partial charge < -0.3 is 5.73 Å². The van der Waals surface area contributed by atoms with Crippen molar-refractivity contribution in [2.45, 2.75) is 19.5 Å². The average molecular weight is 244 g/mol. The van der Waals surface area contributed by atoms with E-state index in [9.17, 15) is 0 Å². The third kappa shape index (κ3) is 1.88. The highest BCUT2D eigenvalue weighted by molar-refractivity contribution is 7.05. The van der Waals surface area contributed by atoms with E-state index in [0.717, 1.165) is 17.1 Å². The van der Waals surface area contributed by atoms with Crippen molar-refractivity contribution in [2.75, 3.05) is 0 Å². The van der Waals surface area contributed by atoms with Gasteiger partial charge >= 0.3 is 0 Å². The van der Waals surface area contributed by atoms with Crippen LogP contribution in [0, 0.1) is 0 Å². The van der Waals surface area contributed by atoms with Gasteiger partial charge in [-0.1, -0.05) is 16.1 Å². The second kappa shape index (κ2) is 4.26. The number of aromatic nitrogens is 4. The van der Waals surface area contributed by atoms with Crippen LogP contribution in [0.1, 0.15) is 23.5 Å². The van der Waals surface area contributed by atoms with Gasteiger partial charge in [0.25, 0.3) is 0 Å². The summed E-state index contributed by atoms with van der Waals surface area (Å²) in [5.41, 5.74) is 6.88. The molecule has 0 fully saturated rings. The first kappa shape index (κ1) is 10.5. The molecule has 1 unspecified atom stereocenters. The smallest absolute Gasteiger partial charge is 0.0864 e. The fourth-order valence-electron chi connectivity index (χ4n) is 1.38. The Morgan fingerprint density at radius 2 is 2.40 bits per heavy atom. The van der Waals surface area contributed by atoms with E-state index >= 15 is 0 Å². The standard InChI is InChI=1S/C8H10ClN5S/c1-2-14-8(5(9)3-12-14)7(10)6-4-11-13-15-6/h3-4,7H,2,10H2,1H3. The summed E-state index contributed by atoms with van der Waals surface area (Å²) in [6, 6.07) is -0.306. The zero-order valence-electron chi connectivity index (χ0n) is 8.09. The number of rotatable bonds is 3. The molecule has 0 aromatic carbocycles. The molecule has 0 bridgehead atoms. The van der Waals surface area contributed by atoms with E-state index in [4.69, 9.17) is 17.3 Å². The molecule has 0 saturated carbocycles. The molecular formula is C8H10ClN5S. The van der Waals surface area contributed by atoms with Gasteiger partial charge in [-0.25, -0.2) is 0 Å². The predicted molar refractivity (Wildman–Crippen MR) is 58.9 cm³/mol. The Balaban J connectivity index is 2.40. The Morgan fingerprint density at radius 1 is 1.60 bits per heavy atom. The van der Waals surface area contributed by atoms with Crippen molar-refractivity contribution >= 4 is 23.1 Å². The fourth-order valence-corrected chi connectivity index (χ4v) is 2.15. The van der Waals surface area contributed by atoms with Crippen LogP contribution < -0.4 is 5.73 Å². The lowest BCUT2D eigenvalue weighted by molar-refractivity contribution is 0.603. The minimum Gasteiger partial charge on any atom is -0.318 e. The Morgan fingerprint density at radius 3 is 3.00 bits per heavy atom. The summed E-state index contributed by atoms with van der Waals surface area (Å²) in [5.74, 6) is 0. The van der Waals surface area contributed by atoms with Gasteiger partial charge in [-0.3, -0.25) is 4.68 Å². The summed E-state index contributed by atoms with van der Waals surface area (Å²) in [7, 11) is 0. The van der Waals surface area contributed by atoms with Gasteiger partial charge in [0.2, 0.25) is 0 Å². The largest absolute Gasteiger partial charge is 0.318 e. The van der Waals surface area contributed by atoms with E-state index < -0.39 is 0 Å². The number of aryl methyl sites for hydroxylation is 1. The van der Waals surface area contributed by atoms with Crippen molar-refractivity contribution in [1.29, 1.82) is 0 Å². The van der Waals surface area contributed by atoms with Crippen molar-refractivity contribution in [1.82, 2.24) is 19.4 Å². The number of nitrogens with two attached hydrogens (primary N) is 1. The van der Waals surface area contributed by atoms with E-state index in [0.29, 0.717) is 5.02 Å². The van der Waals surface area contributed by atoms with Crippen LogP contribution in [-0.4, -0.2) is 19.4 Å². The van der Waals surface area contributed by atoms with Crippen molar-refractivity contribution in [3.63, 3.8) is 0 Å². The molecule has 2 aromatic heterocycles. The number of nitrogens with zero attached hydrogens (tertiary/aromatic N) is 4. The van der Waals surface area contributed by atoms with E-state index in [1.54, 1.807) is 17.1 Å². The van der Waals surface area contributed by atoms with Crippen LogP contribution in [0.3, 0.4) is 0 Å². The second-order valence-electron chi connectivity index (χ2n) is 2.99. The lowest BCUT2D eigenvalue weighted by Gasteiger charge is -2.11. The first-order valence-corrected chi connectivity index (χ1v) is 5.63. The van der Waals surface area contributed by atoms with E-state index in [1.807, 2.05) is 6.92 Å². The summed E-state index contributed by atoms with van der Waals surface area (Å²) in [6.45, 7) is 2.73. The molecule has 0 aliphatic heterocycles. The zero-order valence-corrected chi connectivity index (χ0v) is 9.66. The second-order valence-corrected chi connectivity index (χ2v) is 4.22. The number of hydrogen-bond acceptors (Lipinski definition) is 5. The Bertz CT molecular complexity index is 438. The molecule has 2 N–H and O–H groups in total. The molecule has 0 aliphatic carbocycles. The highest BCUT2D eigenvalue weighted by Crippen LogP contribution is 2.27. The molecular weight excluding hydrogens is 234 g/mol. The third-order valence-corrected chi connectivity index (χ3v) is 3.15. The SMILES string of the molecule is CCn1ncc(Cl)c1C(N)c1cnns1. The minimum absolute atomic E-state index is 0.306. The maximum Gasteiger partial charge on any atom is 0.0864 e. The number of halogens is 1. The molecule has 5 nitrogen and oxygen atoms in total. The molecule has 0 spiro atoms. The molecule has 80 valence electrons. The highest BCUT2D eigenvalue weighted by atomic mass is 35.5. The molecule has 0 radical (unpaired) electrons. The van der Waals surface area contributed by atoms with E-state index in [2.05, 4.69) is 14.7 Å². The lowest BCUT2D eigenvalue weighted by Crippen LogP contribution is -2.16. The van der Waals surface area contributed by atoms with Crippen molar-refractivity contribution in [2.24, 2.45) is 5.73 Å². The quantitative estimate of drug-likeness (QED) is 0.886. The molecule has 1 atom stereocenters. The maximum atomic E-state index is 6.07. The van der Waals surface area contributed by atoms with Crippen molar-refractivity contribution < 1.29 is 0 Å². The minimum atomic E-state index is -0.306. The average Bonchev–Trinajstić information content (AvgIpc) is 2.85. The van der Waals surface area contributed by atoms with Gasteiger partial charge in [0.15, 0.2) is 0 Å². The van der Waals surface area contributed by atoms with Gasteiger partial charge in [-0.2, -0.15) is 5.10 Å². The van der Waals surface area contributed by atoms with Crippen LogP contribution in [0.15, 0.2) is 12.4 Å². The monoisotopic (exact) mass is 243 g/mol. The Hall–Kier alpha value is -0.980. The highest BCUT2D eigenvalue weighted by Gasteiger charge is 2.19. The first-order chi connectivity index (χ1) is 7.24. The van der Waals surface area contributed by atoms with Crippen molar-refractivity contribution in [3.8, 4) is 0 Å². The zero-order chi connectivity index (χ0) is 10.8. The Kier molecular flexibility index (Phi) is 2.99. The summed E-state index contributed by atoms with van der Waals surface area (Å²) in [5, 5.41) is 8.47. The summed E-state index contributed by atoms with van der Waals surface area (Å²) in [4.78, 5) is 0.882. The van der Waals surface area contributed by atoms with Crippen LogP contribution in [0.25, 0.3) is 0 Å². The third-order valence-electron chi connectivity index (χ3n) is 2.11. The molecule has 2 heterocycles. The van der Waals surface area contributed by atoms with Crippen LogP contribution in [0.2, 0.25) is 5.02 Å². The van der Waals surface area contributed by atoms with Gasteiger partial charge in [-0.05, 0) is 18.5 Å². The Labute approximate surface area is 96.0 Å². The van der Waals surface area contributed by atoms with E-state index in [-0.39, 0.29) is 6.04 Å². The fraction of sp³-hybridized carbons (Fsp3) is 0.375. The molecule has 0 aliphatic rings. The summed E-state index contributed by atoms with van der Waals surface area (Å²) >= 11 is 7.31. The normalized spacial score (nSPS) is 13.0. The van der Waals surface area contributed by atoms with E-state index in [1.165, 1.54) is 11.5 Å². The number of hydrogen-bond donors (Lipinski definition) is 1. The molecule has 0 saturated heterocycles. The van der Waals surface area contributed by atoms with Gasteiger partial charge in [-0.15, -0.1) is 5.10 Å². The molecule has 2 rings (SSSR count). The topological polar surface area (TPSA) is 69.6 Å². The molecule has 15 heavy (non-hydrogen) atoms. The van der Waals surface area contributed by atoms with Crippen molar-refractivity contribution in [3.05, 3.63) is 28.0 Å². The maximum absolute atomic E-state index is 6.07. The summed E-state index contributed by atoms with van der Waals surface area (Å²) in [6.07, 6.45) is 3.26. The molecule has 2 aromatic rings. The summed E-state index contributed by atoms with van der Waals surface area (Å²) < 4.78 is 5.56. The van der Waals surface area contributed by atoms with Crippen LogP contribution in [0.4, 0.5) is 0 Å². The van der Waals surface area contributed by atoms with Crippen LogP contribution in [0.5, 0.6) is 0 Å². The molecule has 7 heteroatoms. The molecule has 0 amide bonds. The lowest BCUT2D eigenvalue weighted by atomic mass is 10.2. The first-order valence-electron chi connectivity index (χ1n) is 4.48. The van der Waals surface area contributed by atoms with Gasteiger partial charge in [0, 0.05) is 6.54 Å².